The van der Waals surface area contributed by atoms with E-state index in [9.17, 15) is 0 Å². The highest BCUT2D eigenvalue weighted by Gasteiger charge is 2.08. The summed E-state index contributed by atoms with van der Waals surface area (Å²) in [5, 5.41) is 0. The van der Waals surface area contributed by atoms with Gasteiger partial charge in [-0.1, -0.05) is 5.92 Å². The quantitative estimate of drug-likeness (QED) is 0.438. The summed E-state index contributed by atoms with van der Waals surface area (Å²) in [5.74, 6) is 2.56. The van der Waals surface area contributed by atoms with Crippen LogP contribution in [-0.2, 0) is 4.74 Å². The Morgan fingerprint density at radius 1 is 1.75 bits per heavy atom. The van der Waals surface area contributed by atoms with Gasteiger partial charge in [0.25, 0.3) is 0 Å². The van der Waals surface area contributed by atoms with Crippen molar-refractivity contribution in [2.75, 3.05) is 26.4 Å². The number of hydrogen-bond acceptors (Lipinski definition) is 2. The summed E-state index contributed by atoms with van der Waals surface area (Å²) >= 11 is 0. The zero-order valence-electron chi connectivity index (χ0n) is 4.76. The highest BCUT2D eigenvalue weighted by molar-refractivity contribution is 4.88. The number of nitrogens with zero attached hydrogens (tertiary/aromatic N) is 1. The van der Waals surface area contributed by atoms with E-state index >= 15 is 0 Å². The Morgan fingerprint density at radius 2 is 2.62 bits per heavy atom. The van der Waals surface area contributed by atoms with Crippen molar-refractivity contribution >= 4 is 0 Å². The Balaban J connectivity index is 2.17. The molecule has 1 fully saturated rings. The molecule has 0 amide bonds. The largest absolute Gasteiger partial charge is 0.365 e. The number of ether oxygens (including phenoxy) is 1. The summed E-state index contributed by atoms with van der Waals surface area (Å²) in [4.78, 5) is 2.08. The van der Waals surface area contributed by atoms with Crippen LogP contribution < -0.4 is 0 Å². The van der Waals surface area contributed by atoms with Crippen LogP contribution >= 0.6 is 0 Å². The van der Waals surface area contributed by atoms with Crippen molar-refractivity contribution in [3.8, 4) is 12.3 Å². The van der Waals surface area contributed by atoms with E-state index in [-0.39, 0.29) is 0 Å². The Bertz CT molecular complexity index is 99.6. The van der Waals surface area contributed by atoms with Crippen LogP contribution in [-0.4, -0.2) is 31.3 Å². The second kappa shape index (κ2) is 2.71. The standard InChI is InChI=1S/C6H9NO/c1-2-3-7-4-5-8-6-7/h1H,3-6H2. The van der Waals surface area contributed by atoms with E-state index < -0.39 is 0 Å². The van der Waals surface area contributed by atoms with Gasteiger partial charge < -0.3 is 4.74 Å². The summed E-state index contributed by atoms with van der Waals surface area (Å²) in [5.41, 5.74) is 0. The molecule has 0 aliphatic carbocycles. The molecule has 44 valence electrons. The third-order valence-electron chi connectivity index (χ3n) is 1.14. The van der Waals surface area contributed by atoms with Gasteiger partial charge in [-0.2, -0.15) is 0 Å². The van der Waals surface area contributed by atoms with Crippen LogP contribution in [0.2, 0.25) is 0 Å². The second-order valence-corrected chi connectivity index (χ2v) is 1.79. The van der Waals surface area contributed by atoms with Crippen molar-refractivity contribution in [1.82, 2.24) is 4.90 Å². The number of rotatable bonds is 1. The van der Waals surface area contributed by atoms with Gasteiger partial charge in [0.1, 0.15) is 0 Å². The summed E-state index contributed by atoms with van der Waals surface area (Å²) in [7, 11) is 0. The first-order valence-corrected chi connectivity index (χ1v) is 2.67. The summed E-state index contributed by atoms with van der Waals surface area (Å²) in [6.45, 7) is 3.26. The van der Waals surface area contributed by atoms with E-state index in [4.69, 9.17) is 11.2 Å². The van der Waals surface area contributed by atoms with E-state index in [1.165, 1.54) is 0 Å². The first kappa shape index (κ1) is 5.61. The predicted octanol–water partition coefficient (Wildman–Crippen LogP) is -0.0907. The summed E-state index contributed by atoms with van der Waals surface area (Å²) in [6, 6.07) is 0. The van der Waals surface area contributed by atoms with Crippen molar-refractivity contribution in [1.29, 1.82) is 0 Å². The summed E-state index contributed by atoms with van der Waals surface area (Å²) in [6.07, 6.45) is 5.06. The predicted molar refractivity (Wildman–Crippen MR) is 31.2 cm³/mol. The van der Waals surface area contributed by atoms with Crippen molar-refractivity contribution in [3.63, 3.8) is 0 Å². The lowest BCUT2D eigenvalue weighted by molar-refractivity contribution is 0.148. The van der Waals surface area contributed by atoms with Gasteiger partial charge in [0.05, 0.1) is 19.9 Å². The van der Waals surface area contributed by atoms with Crippen LogP contribution in [0.1, 0.15) is 0 Å². The number of hydrogen-bond donors (Lipinski definition) is 0. The average molecular weight is 111 g/mol. The Kier molecular flexibility index (Phi) is 1.90. The molecule has 0 aromatic rings. The minimum absolute atomic E-state index is 0.712. The first-order chi connectivity index (χ1) is 3.93. The topological polar surface area (TPSA) is 12.5 Å². The van der Waals surface area contributed by atoms with Crippen LogP contribution in [0.15, 0.2) is 0 Å². The van der Waals surface area contributed by atoms with E-state index in [0.29, 0.717) is 6.73 Å². The zero-order chi connectivity index (χ0) is 5.82. The lowest BCUT2D eigenvalue weighted by Crippen LogP contribution is -2.19. The Hall–Kier alpha value is -0.520. The molecule has 0 N–H and O–H groups in total. The molecular weight excluding hydrogens is 102 g/mol. The molecule has 0 atom stereocenters. The first-order valence-electron chi connectivity index (χ1n) is 2.67. The molecule has 1 heterocycles. The number of terminal acetylenes is 1. The minimum atomic E-state index is 0.712. The summed E-state index contributed by atoms with van der Waals surface area (Å²) < 4.78 is 5.04. The Morgan fingerprint density at radius 3 is 3.12 bits per heavy atom. The van der Waals surface area contributed by atoms with E-state index in [0.717, 1.165) is 19.7 Å². The molecule has 0 aromatic carbocycles. The third-order valence-corrected chi connectivity index (χ3v) is 1.14. The maximum absolute atomic E-state index is 5.06. The molecule has 2 nitrogen and oxygen atoms in total. The van der Waals surface area contributed by atoms with Crippen LogP contribution in [0.3, 0.4) is 0 Å². The highest BCUT2D eigenvalue weighted by atomic mass is 16.5. The van der Waals surface area contributed by atoms with Gasteiger partial charge in [0.15, 0.2) is 0 Å². The second-order valence-electron chi connectivity index (χ2n) is 1.79. The molecule has 0 bridgehead atoms. The van der Waals surface area contributed by atoms with E-state index in [1.807, 2.05) is 0 Å². The van der Waals surface area contributed by atoms with Gasteiger partial charge in [-0.05, 0) is 0 Å². The fourth-order valence-corrected chi connectivity index (χ4v) is 0.706. The highest BCUT2D eigenvalue weighted by Crippen LogP contribution is 1.95. The van der Waals surface area contributed by atoms with Crippen LogP contribution in [0.25, 0.3) is 0 Å². The monoisotopic (exact) mass is 111 g/mol. The zero-order valence-corrected chi connectivity index (χ0v) is 4.76. The molecule has 0 spiro atoms. The SMILES string of the molecule is C#CCN1CCOC1. The minimum Gasteiger partial charge on any atom is -0.365 e. The fraction of sp³-hybridized carbons (Fsp3) is 0.667. The van der Waals surface area contributed by atoms with Crippen LogP contribution in [0.5, 0.6) is 0 Å². The van der Waals surface area contributed by atoms with E-state index in [2.05, 4.69) is 10.8 Å². The molecule has 1 rings (SSSR count). The smallest absolute Gasteiger partial charge is 0.0999 e. The van der Waals surface area contributed by atoms with E-state index in [1.54, 1.807) is 0 Å². The fourth-order valence-electron chi connectivity index (χ4n) is 0.706. The third kappa shape index (κ3) is 1.22. The molecule has 0 radical (unpaired) electrons. The van der Waals surface area contributed by atoms with Gasteiger partial charge in [0, 0.05) is 6.54 Å². The lowest BCUT2D eigenvalue weighted by atomic mass is 10.5. The molecule has 1 aliphatic rings. The van der Waals surface area contributed by atoms with Crippen LogP contribution in [0.4, 0.5) is 0 Å². The van der Waals surface area contributed by atoms with Crippen molar-refractivity contribution in [2.45, 2.75) is 0 Å². The van der Waals surface area contributed by atoms with Crippen molar-refractivity contribution in [3.05, 3.63) is 0 Å². The maximum Gasteiger partial charge on any atom is 0.0999 e. The molecule has 0 unspecified atom stereocenters. The molecule has 1 aliphatic heterocycles. The van der Waals surface area contributed by atoms with Crippen LogP contribution in [0, 0.1) is 12.3 Å². The molecular formula is C6H9NO. The normalized spacial score (nSPS) is 20.9. The lowest BCUT2D eigenvalue weighted by Gasteiger charge is -2.05. The molecule has 2 heteroatoms. The van der Waals surface area contributed by atoms with Gasteiger partial charge in [-0.3, -0.25) is 4.90 Å². The molecule has 8 heavy (non-hydrogen) atoms. The average Bonchev–Trinajstić information content (AvgIpc) is 2.19. The van der Waals surface area contributed by atoms with Crippen molar-refractivity contribution < 1.29 is 4.74 Å². The maximum atomic E-state index is 5.06. The molecule has 1 saturated heterocycles. The Labute approximate surface area is 49.4 Å². The molecule has 0 aromatic heterocycles. The van der Waals surface area contributed by atoms with Gasteiger partial charge in [0.2, 0.25) is 0 Å². The van der Waals surface area contributed by atoms with Gasteiger partial charge in [-0.15, -0.1) is 6.42 Å². The van der Waals surface area contributed by atoms with Gasteiger partial charge in [-0.25, -0.2) is 0 Å². The van der Waals surface area contributed by atoms with Crippen molar-refractivity contribution in [2.24, 2.45) is 0 Å². The molecule has 0 saturated carbocycles. The van der Waals surface area contributed by atoms with Gasteiger partial charge >= 0.3 is 0 Å².